The van der Waals surface area contributed by atoms with Gasteiger partial charge in [0.15, 0.2) is 5.13 Å². The molecule has 7 heteroatoms. The fourth-order valence-corrected chi connectivity index (χ4v) is 2.43. The van der Waals surface area contributed by atoms with Gasteiger partial charge in [0.05, 0.1) is 17.0 Å². The molecule has 6 nitrogen and oxygen atoms in total. The number of hydrogen-bond acceptors (Lipinski definition) is 6. The summed E-state index contributed by atoms with van der Waals surface area (Å²) in [6, 6.07) is 7.24. The highest BCUT2D eigenvalue weighted by atomic mass is 32.1. The Kier molecular flexibility index (Phi) is 3.26. The van der Waals surface area contributed by atoms with Gasteiger partial charge in [0.2, 0.25) is 0 Å². The van der Waals surface area contributed by atoms with Crippen LogP contribution in [0.15, 0.2) is 40.6 Å². The number of rotatable bonds is 3. The fourth-order valence-electron chi connectivity index (χ4n) is 1.75. The first-order valence-corrected chi connectivity index (χ1v) is 6.80. The maximum Gasteiger partial charge on any atom is 0.273 e. The van der Waals surface area contributed by atoms with E-state index < -0.39 is 0 Å². The number of anilines is 1. The number of nitrogens with zero attached hydrogens (tertiary/aromatic N) is 3. The highest BCUT2D eigenvalue weighted by Gasteiger charge is 2.11. The molecule has 0 spiro atoms. The van der Waals surface area contributed by atoms with Crippen LogP contribution in [0.4, 0.5) is 5.13 Å². The SMILES string of the molecule is CNc1nc(-c2cc(-c3ccccn3)n[nH]c2=O)cs1. The van der Waals surface area contributed by atoms with Gasteiger partial charge in [-0.05, 0) is 18.2 Å². The highest BCUT2D eigenvalue weighted by Crippen LogP contribution is 2.24. The van der Waals surface area contributed by atoms with Crippen LogP contribution in [0, 0.1) is 0 Å². The van der Waals surface area contributed by atoms with Crippen molar-refractivity contribution >= 4 is 16.5 Å². The molecule has 3 aromatic heterocycles. The van der Waals surface area contributed by atoms with E-state index in [0.29, 0.717) is 22.6 Å². The number of aromatic amines is 1. The quantitative estimate of drug-likeness (QED) is 0.769. The van der Waals surface area contributed by atoms with E-state index in [-0.39, 0.29) is 5.56 Å². The lowest BCUT2D eigenvalue weighted by atomic mass is 10.2. The van der Waals surface area contributed by atoms with Crippen LogP contribution in [0.25, 0.3) is 22.6 Å². The number of hydrogen-bond donors (Lipinski definition) is 2. The molecular formula is C13H11N5OS. The summed E-state index contributed by atoms with van der Waals surface area (Å²) in [5.41, 5.74) is 2.16. The third kappa shape index (κ3) is 2.30. The summed E-state index contributed by atoms with van der Waals surface area (Å²) in [5, 5.41) is 12.1. The average molecular weight is 285 g/mol. The molecule has 3 heterocycles. The standard InChI is InChI=1S/C13H11N5OS/c1-14-13-16-11(7-20-13)8-6-10(17-18-12(8)19)9-4-2-3-5-15-9/h2-7H,1H3,(H,14,16)(H,18,19). The third-order valence-corrected chi connectivity index (χ3v) is 3.58. The molecular weight excluding hydrogens is 274 g/mol. The predicted octanol–water partition coefficient (Wildman–Crippen LogP) is 2.00. The lowest BCUT2D eigenvalue weighted by Crippen LogP contribution is -2.11. The second kappa shape index (κ2) is 5.22. The van der Waals surface area contributed by atoms with E-state index in [1.807, 2.05) is 23.6 Å². The smallest absolute Gasteiger partial charge is 0.273 e. The molecule has 0 unspecified atom stereocenters. The van der Waals surface area contributed by atoms with Gasteiger partial charge in [-0.1, -0.05) is 6.07 Å². The van der Waals surface area contributed by atoms with Crippen molar-refractivity contribution in [3.63, 3.8) is 0 Å². The minimum atomic E-state index is -0.266. The molecule has 2 N–H and O–H groups in total. The minimum Gasteiger partial charge on any atom is -0.365 e. The van der Waals surface area contributed by atoms with Gasteiger partial charge in [-0.3, -0.25) is 9.78 Å². The zero-order valence-electron chi connectivity index (χ0n) is 10.6. The van der Waals surface area contributed by atoms with Crippen LogP contribution in [0.5, 0.6) is 0 Å². The van der Waals surface area contributed by atoms with E-state index in [1.165, 1.54) is 11.3 Å². The van der Waals surface area contributed by atoms with Crippen molar-refractivity contribution in [3.8, 4) is 22.6 Å². The second-order valence-electron chi connectivity index (χ2n) is 4.00. The number of H-pyrrole nitrogens is 1. The van der Waals surface area contributed by atoms with Gasteiger partial charge in [0.25, 0.3) is 5.56 Å². The Balaban J connectivity index is 2.10. The maximum atomic E-state index is 11.9. The van der Waals surface area contributed by atoms with Crippen molar-refractivity contribution < 1.29 is 0 Å². The van der Waals surface area contributed by atoms with Crippen LogP contribution < -0.4 is 10.9 Å². The molecule has 0 aliphatic heterocycles. The first kappa shape index (κ1) is 12.5. The van der Waals surface area contributed by atoms with E-state index in [1.54, 1.807) is 19.3 Å². The molecule has 3 aromatic rings. The van der Waals surface area contributed by atoms with Gasteiger partial charge in [-0.25, -0.2) is 10.1 Å². The van der Waals surface area contributed by atoms with E-state index in [9.17, 15) is 4.79 Å². The zero-order chi connectivity index (χ0) is 13.9. The Morgan fingerprint density at radius 2 is 2.15 bits per heavy atom. The average Bonchev–Trinajstić information content (AvgIpc) is 2.97. The first-order chi connectivity index (χ1) is 9.78. The second-order valence-corrected chi connectivity index (χ2v) is 4.86. The summed E-state index contributed by atoms with van der Waals surface area (Å²) >= 11 is 1.44. The Morgan fingerprint density at radius 3 is 2.85 bits per heavy atom. The number of nitrogens with one attached hydrogen (secondary N) is 2. The molecule has 0 fully saturated rings. The molecule has 0 saturated heterocycles. The van der Waals surface area contributed by atoms with Crippen molar-refractivity contribution in [3.05, 3.63) is 46.2 Å². The van der Waals surface area contributed by atoms with Crippen molar-refractivity contribution in [1.29, 1.82) is 0 Å². The predicted molar refractivity (Wildman–Crippen MR) is 78.7 cm³/mol. The highest BCUT2D eigenvalue weighted by molar-refractivity contribution is 7.14. The lowest BCUT2D eigenvalue weighted by molar-refractivity contribution is 0.989. The Morgan fingerprint density at radius 1 is 1.25 bits per heavy atom. The molecule has 0 aliphatic rings. The Bertz CT molecular complexity index is 781. The first-order valence-electron chi connectivity index (χ1n) is 5.92. The van der Waals surface area contributed by atoms with Gasteiger partial charge in [-0.15, -0.1) is 11.3 Å². The fraction of sp³-hybridized carbons (Fsp3) is 0.0769. The molecule has 0 amide bonds. The summed E-state index contributed by atoms with van der Waals surface area (Å²) in [7, 11) is 1.79. The van der Waals surface area contributed by atoms with Gasteiger partial charge >= 0.3 is 0 Å². The molecule has 0 radical (unpaired) electrons. The van der Waals surface area contributed by atoms with Crippen LogP contribution in [0.3, 0.4) is 0 Å². The maximum absolute atomic E-state index is 11.9. The van der Waals surface area contributed by atoms with Crippen molar-refractivity contribution in [2.75, 3.05) is 12.4 Å². The van der Waals surface area contributed by atoms with Crippen LogP contribution in [-0.4, -0.2) is 27.2 Å². The molecule has 0 aliphatic carbocycles. The molecule has 0 bridgehead atoms. The number of aromatic nitrogens is 4. The summed E-state index contributed by atoms with van der Waals surface area (Å²) in [5.74, 6) is 0. The monoisotopic (exact) mass is 285 g/mol. The van der Waals surface area contributed by atoms with Crippen molar-refractivity contribution in [2.45, 2.75) is 0 Å². The molecule has 0 aromatic carbocycles. The summed E-state index contributed by atoms with van der Waals surface area (Å²) < 4.78 is 0. The van der Waals surface area contributed by atoms with Gasteiger partial charge in [0, 0.05) is 18.6 Å². The van der Waals surface area contributed by atoms with Gasteiger partial charge in [0.1, 0.15) is 5.69 Å². The van der Waals surface area contributed by atoms with E-state index >= 15 is 0 Å². The summed E-state index contributed by atoms with van der Waals surface area (Å²) in [4.78, 5) is 20.5. The molecule has 20 heavy (non-hydrogen) atoms. The van der Waals surface area contributed by atoms with Crippen LogP contribution in [0.2, 0.25) is 0 Å². The van der Waals surface area contributed by atoms with Gasteiger partial charge in [-0.2, -0.15) is 5.10 Å². The van der Waals surface area contributed by atoms with Crippen molar-refractivity contribution in [1.82, 2.24) is 20.2 Å². The zero-order valence-corrected chi connectivity index (χ0v) is 11.4. The van der Waals surface area contributed by atoms with Crippen LogP contribution in [0.1, 0.15) is 0 Å². The van der Waals surface area contributed by atoms with Crippen molar-refractivity contribution in [2.24, 2.45) is 0 Å². The topological polar surface area (TPSA) is 83.6 Å². The third-order valence-electron chi connectivity index (χ3n) is 2.72. The molecule has 0 saturated carbocycles. The van der Waals surface area contributed by atoms with Crippen LogP contribution in [-0.2, 0) is 0 Å². The molecule has 100 valence electrons. The minimum absolute atomic E-state index is 0.266. The van der Waals surface area contributed by atoms with Crippen LogP contribution >= 0.6 is 11.3 Å². The number of pyridine rings is 1. The lowest BCUT2D eigenvalue weighted by Gasteiger charge is -2.01. The molecule has 3 rings (SSSR count). The molecule has 0 atom stereocenters. The van der Waals surface area contributed by atoms with E-state index in [0.717, 1.165) is 5.13 Å². The summed E-state index contributed by atoms with van der Waals surface area (Å²) in [6.45, 7) is 0. The normalized spacial score (nSPS) is 10.4. The number of thiazole rings is 1. The van der Waals surface area contributed by atoms with E-state index in [2.05, 4.69) is 25.5 Å². The van der Waals surface area contributed by atoms with E-state index in [4.69, 9.17) is 0 Å². The Labute approximate surface area is 118 Å². The largest absolute Gasteiger partial charge is 0.365 e. The van der Waals surface area contributed by atoms with Gasteiger partial charge < -0.3 is 5.32 Å². The summed E-state index contributed by atoms with van der Waals surface area (Å²) in [6.07, 6.45) is 1.68. The Hall–Kier alpha value is -2.54.